The Labute approximate surface area is 148 Å². The van der Waals surface area contributed by atoms with Gasteiger partial charge in [0, 0.05) is 32.1 Å². The number of unbranched alkanes of at least 4 members (excludes halogenated alkanes) is 1. The van der Waals surface area contributed by atoms with Crippen LogP contribution in [0.5, 0.6) is 0 Å². The van der Waals surface area contributed by atoms with Crippen molar-refractivity contribution >= 4 is 21.7 Å². The number of sulfone groups is 1. The predicted molar refractivity (Wildman–Crippen MR) is 93.0 cm³/mol. The van der Waals surface area contributed by atoms with Gasteiger partial charge in [0.2, 0.25) is 11.9 Å². The number of aromatic nitrogens is 2. The smallest absolute Gasteiger partial charge is 0.248 e. The monoisotopic (exact) mass is 368 g/mol. The summed E-state index contributed by atoms with van der Waals surface area (Å²) in [6.07, 6.45) is 5.19. The SMILES string of the molecule is CCCCOCC(=O)N1CCN(c2ncccn2)[C@H]2CS(=O)(=O)C[C@H]21. The standard InChI is InChI=1S/C16H24N4O4S/c1-2-3-9-24-10-15(21)19-7-8-20(16-17-5-4-6-18-16)14-12-25(22,23)11-13(14)19/h4-6,13-14H,2-3,7-12H2,1H3/t13-,14+/m1/s1. The highest BCUT2D eigenvalue weighted by Crippen LogP contribution is 2.29. The third kappa shape index (κ3) is 4.09. The van der Waals surface area contributed by atoms with Crippen molar-refractivity contribution < 1.29 is 17.9 Å². The summed E-state index contributed by atoms with van der Waals surface area (Å²) in [5.41, 5.74) is 0. The van der Waals surface area contributed by atoms with Crippen LogP contribution in [0.15, 0.2) is 18.5 Å². The van der Waals surface area contributed by atoms with Gasteiger partial charge in [0.25, 0.3) is 0 Å². The van der Waals surface area contributed by atoms with Crippen molar-refractivity contribution in [3.8, 4) is 0 Å². The topological polar surface area (TPSA) is 92.7 Å². The Morgan fingerprint density at radius 3 is 2.68 bits per heavy atom. The highest BCUT2D eigenvalue weighted by atomic mass is 32.2. The maximum absolute atomic E-state index is 12.5. The second kappa shape index (κ2) is 7.65. The first-order valence-electron chi connectivity index (χ1n) is 8.63. The van der Waals surface area contributed by atoms with Gasteiger partial charge >= 0.3 is 0 Å². The maximum Gasteiger partial charge on any atom is 0.248 e. The average Bonchev–Trinajstić information content (AvgIpc) is 2.93. The third-order valence-electron chi connectivity index (χ3n) is 4.67. The molecule has 2 fully saturated rings. The van der Waals surface area contributed by atoms with Gasteiger partial charge in [-0.15, -0.1) is 0 Å². The number of anilines is 1. The Hall–Kier alpha value is -1.74. The van der Waals surface area contributed by atoms with Crippen molar-refractivity contribution in [3.05, 3.63) is 18.5 Å². The minimum Gasteiger partial charge on any atom is -0.372 e. The summed E-state index contributed by atoms with van der Waals surface area (Å²) in [4.78, 5) is 24.6. The van der Waals surface area contributed by atoms with Crippen LogP contribution >= 0.6 is 0 Å². The van der Waals surface area contributed by atoms with Crippen molar-refractivity contribution in [1.29, 1.82) is 0 Å². The second-order valence-electron chi connectivity index (χ2n) is 6.45. The van der Waals surface area contributed by atoms with Gasteiger partial charge in [0.15, 0.2) is 9.84 Å². The molecule has 25 heavy (non-hydrogen) atoms. The molecular formula is C16H24N4O4S. The largest absolute Gasteiger partial charge is 0.372 e. The molecule has 0 saturated carbocycles. The molecule has 0 aliphatic carbocycles. The summed E-state index contributed by atoms with van der Waals surface area (Å²) >= 11 is 0. The van der Waals surface area contributed by atoms with E-state index in [1.165, 1.54) is 0 Å². The molecule has 0 N–H and O–H groups in total. The highest BCUT2D eigenvalue weighted by Gasteiger charge is 2.48. The first kappa shape index (κ1) is 18.1. The number of piperazine rings is 1. The van der Waals surface area contributed by atoms with Gasteiger partial charge in [-0.05, 0) is 12.5 Å². The number of carbonyl (C=O) groups is 1. The van der Waals surface area contributed by atoms with Crippen LogP contribution in [0.1, 0.15) is 19.8 Å². The molecule has 8 nitrogen and oxygen atoms in total. The summed E-state index contributed by atoms with van der Waals surface area (Å²) in [5.74, 6) is 0.385. The lowest BCUT2D eigenvalue weighted by Crippen LogP contribution is -2.61. The zero-order valence-electron chi connectivity index (χ0n) is 14.4. The number of rotatable bonds is 6. The lowest BCUT2D eigenvalue weighted by atomic mass is 10.1. The van der Waals surface area contributed by atoms with Crippen LogP contribution < -0.4 is 4.90 Å². The van der Waals surface area contributed by atoms with Gasteiger partial charge in [-0.1, -0.05) is 13.3 Å². The number of fused-ring (bicyclic) bond motifs is 1. The van der Waals surface area contributed by atoms with Crippen LogP contribution in [-0.2, 0) is 19.4 Å². The van der Waals surface area contributed by atoms with Gasteiger partial charge in [-0.25, -0.2) is 18.4 Å². The molecule has 0 aromatic carbocycles. The minimum absolute atomic E-state index is 0.00506. The molecule has 0 spiro atoms. The molecule has 138 valence electrons. The fraction of sp³-hybridized carbons (Fsp3) is 0.688. The lowest BCUT2D eigenvalue weighted by Gasteiger charge is -2.43. The first-order valence-corrected chi connectivity index (χ1v) is 10.5. The summed E-state index contributed by atoms with van der Waals surface area (Å²) in [7, 11) is -3.20. The molecule has 2 atom stereocenters. The van der Waals surface area contributed by atoms with Crippen molar-refractivity contribution in [2.45, 2.75) is 31.8 Å². The van der Waals surface area contributed by atoms with E-state index in [1.54, 1.807) is 23.4 Å². The number of nitrogens with zero attached hydrogens (tertiary/aromatic N) is 4. The van der Waals surface area contributed by atoms with E-state index < -0.39 is 9.84 Å². The molecule has 9 heteroatoms. The Bertz CT molecular complexity index is 697. The van der Waals surface area contributed by atoms with E-state index in [9.17, 15) is 13.2 Å². The number of amides is 1. The van der Waals surface area contributed by atoms with Gasteiger partial charge in [0.1, 0.15) is 6.61 Å². The molecule has 2 aliphatic heterocycles. The quantitative estimate of drug-likeness (QED) is 0.658. The fourth-order valence-corrected chi connectivity index (χ4v) is 5.42. The summed E-state index contributed by atoms with van der Waals surface area (Å²) in [6, 6.07) is 1.05. The van der Waals surface area contributed by atoms with E-state index in [0.29, 0.717) is 25.6 Å². The van der Waals surface area contributed by atoms with E-state index in [-0.39, 0.29) is 36.1 Å². The van der Waals surface area contributed by atoms with Crippen molar-refractivity contribution in [3.63, 3.8) is 0 Å². The normalized spacial score (nSPS) is 25.0. The van der Waals surface area contributed by atoms with E-state index in [0.717, 1.165) is 12.8 Å². The summed E-state index contributed by atoms with van der Waals surface area (Å²) in [5, 5.41) is 0. The zero-order chi connectivity index (χ0) is 17.9. The van der Waals surface area contributed by atoms with Crippen molar-refractivity contribution in [1.82, 2.24) is 14.9 Å². The number of carbonyl (C=O) groups excluding carboxylic acids is 1. The molecule has 1 aromatic rings. The zero-order valence-corrected chi connectivity index (χ0v) is 15.2. The van der Waals surface area contributed by atoms with Crippen LogP contribution in [0.25, 0.3) is 0 Å². The van der Waals surface area contributed by atoms with E-state index in [1.807, 2.05) is 4.90 Å². The van der Waals surface area contributed by atoms with Crippen LogP contribution in [-0.4, -0.2) is 79.1 Å². The highest BCUT2D eigenvalue weighted by molar-refractivity contribution is 7.91. The Kier molecular flexibility index (Phi) is 5.53. The summed E-state index contributed by atoms with van der Waals surface area (Å²) in [6.45, 7) is 3.58. The number of hydrogen-bond donors (Lipinski definition) is 0. The molecule has 0 unspecified atom stereocenters. The minimum atomic E-state index is -3.20. The molecule has 2 saturated heterocycles. The first-order chi connectivity index (χ1) is 12.0. The van der Waals surface area contributed by atoms with E-state index in [4.69, 9.17) is 4.74 Å². The Balaban J connectivity index is 1.73. The second-order valence-corrected chi connectivity index (χ2v) is 8.60. The number of ether oxygens (including phenoxy) is 1. The molecule has 1 amide bonds. The fourth-order valence-electron chi connectivity index (χ4n) is 3.44. The predicted octanol–water partition coefficient (Wildman–Crippen LogP) is 0.108. The van der Waals surface area contributed by atoms with Gasteiger partial charge in [-0.3, -0.25) is 4.79 Å². The van der Waals surface area contributed by atoms with Crippen molar-refractivity contribution in [2.75, 3.05) is 42.7 Å². The van der Waals surface area contributed by atoms with Gasteiger partial charge in [-0.2, -0.15) is 0 Å². The summed E-state index contributed by atoms with van der Waals surface area (Å²) < 4.78 is 29.8. The van der Waals surface area contributed by atoms with E-state index in [2.05, 4.69) is 16.9 Å². The maximum atomic E-state index is 12.5. The van der Waals surface area contributed by atoms with Gasteiger partial charge in [0.05, 0.1) is 23.6 Å². The molecular weight excluding hydrogens is 344 g/mol. The molecule has 2 aliphatic rings. The Morgan fingerprint density at radius 1 is 1.24 bits per heavy atom. The van der Waals surface area contributed by atoms with Gasteiger partial charge < -0.3 is 14.5 Å². The molecule has 0 bridgehead atoms. The molecule has 3 heterocycles. The van der Waals surface area contributed by atoms with Crippen LogP contribution in [0.2, 0.25) is 0 Å². The third-order valence-corrected chi connectivity index (χ3v) is 6.37. The van der Waals surface area contributed by atoms with Crippen molar-refractivity contribution in [2.24, 2.45) is 0 Å². The molecule has 0 radical (unpaired) electrons. The Morgan fingerprint density at radius 2 is 1.96 bits per heavy atom. The van der Waals surface area contributed by atoms with Crippen LogP contribution in [0, 0.1) is 0 Å². The number of hydrogen-bond acceptors (Lipinski definition) is 7. The lowest BCUT2D eigenvalue weighted by molar-refractivity contribution is -0.139. The average molecular weight is 368 g/mol. The van der Waals surface area contributed by atoms with Crippen LogP contribution in [0.4, 0.5) is 5.95 Å². The molecule has 1 aromatic heterocycles. The molecule has 3 rings (SSSR count). The van der Waals surface area contributed by atoms with E-state index >= 15 is 0 Å². The van der Waals surface area contributed by atoms with Crippen LogP contribution in [0.3, 0.4) is 0 Å².